The van der Waals surface area contributed by atoms with E-state index in [0.29, 0.717) is 19.7 Å². The zero-order valence-corrected chi connectivity index (χ0v) is 13.9. The van der Waals surface area contributed by atoms with Crippen molar-refractivity contribution in [3.63, 3.8) is 0 Å². The molecule has 7 heteroatoms. The van der Waals surface area contributed by atoms with Crippen LogP contribution < -0.4 is 4.74 Å². The third-order valence-corrected chi connectivity index (χ3v) is 4.71. The van der Waals surface area contributed by atoms with Crippen LogP contribution in [0.15, 0.2) is 24.3 Å². The number of para-hydroxylation sites is 1. The van der Waals surface area contributed by atoms with Gasteiger partial charge in [0.15, 0.2) is 11.6 Å². The fourth-order valence-corrected chi connectivity index (χ4v) is 3.23. The van der Waals surface area contributed by atoms with Gasteiger partial charge in [0.2, 0.25) is 17.7 Å². The second-order valence-corrected chi connectivity index (χ2v) is 6.44. The van der Waals surface area contributed by atoms with Crippen molar-refractivity contribution in [3.05, 3.63) is 30.1 Å². The van der Waals surface area contributed by atoms with Crippen LogP contribution in [-0.4, -0.2) is 53.8 Å². The van der Waals surface area contributed by atoms with Crippen LogP contribution in [0.1, 0.15) is 25.7 Å². The molecular weight excluding hydrogens is 327 g/mol. The fraction of sp³-hybridized carbons (Fsp3) is 0.500. The molecule has 25 heavy (non-hydrogen) atoms. The average Bonchev–Trinajstić information content (AvgIpc) is 3.19. The first-order valence-corrected chi connectivity index (χ1v) is 8.53. The number of imide groups is 1. The predicted octanol–water partition coefficient (Wildman–Crippen LogP) is 1.59. The lowest BCUT2D eigenvalue weighted by Crippen LogP contribution is -2.41. The fourth-order valence-electron chi connectivity index (χ4n) is 3.23. The van der Waals surface area contributed by atoms with Gasteiger partial charge in [-0.1, -0.05) is 12.1 Å². The van der Waals surface area contributed by atoms with E-state index < -0.39 is 0 Å². The van der Waals surface area contributed by atoms with Crippen molar-refractivity contribution < 1.29 is 23.5 Å². The van der Waals surface area contributed by atoms with Gasteiger partial charge in [-0.3, -0.25) is 19.3 Å². The molecule has 1 unspecified atom stereocenters. The lowest BCUT2D eigenvalue weighted by molar-refractivity contribution is -0.145. The first kappa shape index (κ1) is 17.4. The van der Waals surface area contributed by atoms with Crippen LogP contribution in [-0.2, 0) is 14.4 Å². The maximum absolute atomic E-state index is 13.5. The molecule has 134 valence electrons. The highest BCUT2D eigenvalue weighted by atomic mass is 19.1. The Bertz CT molecular complexity index is 663. The first-order chi connectivity index (χ1) is 12.0. The van der Waals surface area contributed by atoms with Crippen LogP contribution in [0.5, 0.6) is 5.75 Å². The molecule has 6 nitrogen and oxygen atoms in total. The minimum Gasteiger partial charge on any atom is -0.491 e. The Balaban J connectivity index is 1.42. The number of nitrogens with zero attached hydrogens (tertiary/aromatic N) is 2. The quantitative estimate of drug-likeness (QED) is 0.733. The number of carbonyl (C=O) groups excluding carboxylic acids is 3. The summed E-state index contributed by atoms with van der Waals surface area (Å²) in [5, 5.41) is 0. The summed E-state index contributed by atoms with van der Waals surface area (Å²) < 4.78 is 18.9. The molecule has 3 amide bonds. The Morgan fingerprint density at radius 1 is 1.20 bits per heavy atom. The molecule has 2 heterocycles. The molecule has 0 aromatic heterocycles. The Labute approximate surface area is 145 Å². The molecule has 0 radical (unpaired) electrons. The van der Waals surface area contributed by atoms with E-state index in [-0.39, 0.29) is 54.6 Å². The summed E-state index contributed by atoms with van der Waals surface area (Å²) in [6, 6.07) is 6.27. The predicted molar refractivity (Wildman–Crippen MR) is 87.2 cm³/mol. The maximum Gasteiger partial charge on any atom is 0.242 e. The Morgan fingerprint density at radius 2 is 1.92 bits per heavy atom. The maximum atomic E-state index is 13.5. The number of benzene rings is 1. The smallest absolute Gasteiger partial charge is 0.242 e. The van der Waals surface area contributed by atoms with Gasteiger partial charge in [0.05, 0.1) is 6.61 Å². The van der Waals surface area contributed by atoms with Gasteiger partial charge < -0.3 is 9.64 Å². The Hall–Kier alpha value is -2.44. The second-order valence-electron chi connectivity index (χ2n) is 6.44. The number of hydrogen-bond donors (Lipinski definition) is 0. The molecule has 0 aliphatic carbocycles. The van der Waals surface area contributed by atoms with Gasteiger partial charge in [-0.05, 0) is 30.9 Å². The number of amides is 3. The molecule has 2 aliphatic heterocycles. The van der Waals surface area contributed by atoms with Gasteiger partial charge in [-0.25, -0.2) is 4.39 Å². The zero-order valence-electron chi connectivity index (χ0n) is 13.9. The van der Waals surface area contributed by atoms with E-state index in [1.165, 1.54) is 6.07 Å². The van der Waals surface area contributed by atoms with Gasteiger partial charge in [0.1, 0.15) is 6.54 Å². The average molecular weight is 348 g/mol. The van der Waals surface area contributed by atoms with E-state index >= 15 is 0 Å². The molecular formula is C18H21FN2O4. The Morgan fingerprint density at radius 3 is 2.64 bits per heavy atom. The molecule has 2 aliphatic rings. The molecule has 0 N–H and O–H groups in total. The summed E-state index contributed by atoms with van der Waals surface area (Å²) in [6.45, 7) is 1.42. The zero-order chi connectivity index (χ0) is 17.8. The van der Waals surface area contributed by atoms with Crippen molar-refractivity contribution in [1.29, 1.82) is 0 Å². The molecule has 1 atom stereocenters. The van der Waals surface area contributed by atoms with Crippen LogP contribution in [0, 0.1) is 11.7 Å². The molecule has 1 aromatic rings. The highest BCUT2D eigenvalue weighted by Crippen LogP contribution is 2.22. The van der Waals surface area contributed by atoms with E-state index in [1.807, 2.05) is 0 Å². The number of ether oxygens (including phenoxy) is 1. The number of halogens is 1. The van der Waals surface area contributed by atoms with E-state index in [4.69, 9.17) is 4.74 Å². The summed E-state index contributed by atoms with van der Waals surface area (Å²) in [5.74, 6) is -0.605. The minimum atomic E-state index is -0.384. The topological polar surface area (TPSA) is 66.9 Å². The van der Waals surface area contributed by atoms with Crippen LogP contribution in [0.25, 0.3) is 0 Å². The first-order valence-electron chi connectivity index (χ1n) is 8.53. The lowest BCUT2D eigenvalue weighted by atomic mass is 10.1. The summed E-state index contributed by atoms with van der Waals surface area (Å²) in [6.07, 6.45) is 1.96. The molecule has 2 fully saturated rings. The summed E-state index contributed by atoms with van der Waals surface area (Å²) in [4.78, 5) is 38.2. The molecule has 0 saturated carbocycles. The van der Waals surface area contributed by atoms with Crippen molar-refractivity contribution in [2.45, 2.75) is 25.7 Å². The molecule has 0 bridgehead atoms. The Kier molecular flexibility index (Phi) is 5.31. The second kappa shape index (κ2) is 7.63. The van der Waals surface area contributed by atoms with E-state index in [1.54, 1.807) is 23.1 Å². The molecule has 2 saturated heterocycles. The van der Waals surface area contributed by atoms with Crippen LogP contribution in [0.4, 0.5) is 4.39 Å². The largest absolute Gasteiger partial charge is 0.491 e. The highest BCUT2D eigenvalue weighted by Gasteiger charge is 2.33. The summed E-state index contributed by atoms with van der Waals surface area (Å²) >= 11 is 0. The van der Waals surface area contributed by atoms with Gasteiger partial charge in [-0.15, -0.1) is 0 Å². The molecule has 0 spiro atoms. The summed E-state index contributed by atoms with van der Waals surface area (Å²) in [5.41, 5.74) is 0. The third-order valence-electron chi connectivity index (χ3n) is 4.71. The van der Waals surface area contributed by atoms with Gasteiger partial charge in [-0.2, -0.15) is 0 Å². The molecule has 3 rings (SSSR count). The minimum absolute atomic E-state index is 0.157. The number of carbonyl (C=O) groups is 3. The SMILES string of the molecule is O=C(CN1C(=O)CCC1=O)N1CCC(CCOc2ccccc2F)C1. The van der Waals surface area contributed by atoms with Gasteiger partial charge >= 0.3 is 0 Å². The number of rotatable bonds is 6. The monoisotopic (exact) mass is 348 g/mol. The highest BCUT2D eigenvalue weighted by molar-refractivity contribution is 6.04. The van der Waals surface area contributed by atoms with E-state index in [0.717, 1.165) is 17.7 Å². The third kappa shape index (κ3) is 4.15. The molecule has 1 aromatic carbocycles. The normalized spacial score (nSPS) is 20.4. The van der Waals surface area contributed by atoms with E-state index in [9.17, 15) is 18.8 Å². The van der Waals surface area contributed by atoms with Crippen molar-refractivity contribution >= 4 is 17.7 Å². The number of hydrogen-bond acceptors (Lipinski definition) is 4. The van der Waals surface area contributed by atoms with Gasteiger partial charge in [0, 0.05) is 25.9 Å². The van der Waals surface area contributed by atoms with Crippen molar-refractivity contribution in [3.8, 4) is 5.75 Å². The lowest BCUT2D eigenvalue weighted by Gasteiger charge is -2.20. The van der Waals surface area contributed by atoms with Crippen molar-refractivity contribution in [2.75, 3.05) is 26.2 Å². The number of likely N-dealkylation sites (tertiary alicyclic amines) is 2. The standard InChI is InChI=1S/C18H21FN2O4/c19-14-3-1-2-4-15(14)25-10-8-13-7-9-20(11-13)18(24)12-21-16(22)5-6-17(21)23/h1-4,13H,5-12H2. The van der Waals surface area contributed by atoms with Crippen LogP contribution >= 0.6 is 0 Å². The van der Waals surface area contributed by atoms with Crippen LogP contribution in [0.2, 0.25) is 0 Å². The van der Waals surface area contributed by atoms with Gasteiger partial charge in [0.25, 0.3) is 0 Å². The van der Waals surface area contributed by atoms with Crippen molar-refractivity contribution in [2.24, 2.45) is 5.92 Å². The van der Waals surface area contributed by atoms with Crippen LogP contribution in [0.3, 0.4) is 0 Å². The van der Waals surface area contributed by atoms with Crippen molar-refractivity contribution in [1.82, 2.24) is 9.80 Å². The van der Waals surface area contributed by atoms with E-state index in [2.05, 4.69) is 0 Å². The summed E-state index contributed by atoms with van der Waals surface area (Å²) in [7, 11) is 0.